The number of aromatic nitrogens is 1. The second-order valence-corrected chi connectivity index (χ2v) is 5.89. The third-order valence-corrected chi connectivity index (χ3v) is 3.92. The molecule has 3 rings (SSSR count). The van der Waals surface area contributed by atoms with Crippen molar-refractivity contribution in [3.8, 4) is 0 Å². The summed E-state index contributed by atoms with van der Waals surface area (Å²) in [5, 5.41) is 16.1. The summed E-state index contributed by atoms with van der Waals surface area (Å²) in [6.45, 7) is 1.53. The Labute approximate surface area is 139 Å². The topological polar surface area (TPSA) is 97.3 Å². The van der Waals surface area contributed by atoms with Crippen LogP contribution in [0.3, 0.4) is 0 Å². The molecule has 7 nitrogen and oxygen atoms in total. The van der Waals surface area contributed by atoms with E-state index in [0.717, 1.165) is 17.6 Å². The number of non-ortho nitro benzene ring substituents is 1. The summed E-state index contributed by atoms with van der Waals surface area (Å²) in [5.74, 6) is 0. The molecule has 7 heteroatoms. The second-order valence-electron chi connectivity index (χ2n) is 5.89. The highest BCUT2D eigenvalue weighted by Gasteiger charge is 2.19. The molecule has 2 aromatic carbocycles. The SMILES string of the molecule is CN(C)CCNc1ccc([N+](=O)[O-])c2nc3ccccc3c(N)c12. The molecule has 0 bridgehead atoms. The lowest BCUT2D eigenvalue weighted by Crippen LogP contribution is -2.21. The third-order valence-electron chi connectivity index (χ3n) is 3.92. The largest absolute Gasteiger partial charge is 0.398 e. The van der Waals surface area contributed by atoms with Crippen LogP contribution < -0.4 is 11.1 Å². The maximum Gasteiger partial charge on any atom is 0.295 e. The number of para-hydroxylation sites is 1. The Morgan fingerprint density at radius 1 is 1.25 bits per heavy atom. The van der Waals surface area contributed by atoms with Crippen molar-refractivity contribution in [1.82, 2.24) is 9.88 Å². The number of nitro groups is 1. The summed E-state index contributed by atoms with van der Waals surface area (Å²) in [5.41, 5.74) is 8.53. The number of nitrogen functional groups attached to an aromatic ring is 1. The van der Waals surface area contributed by atoms with E-state index in [-0.39, 0.29) is 5.69 Å². The fourth-order valence-electron chi connectivity index (χ4n) is 2.73. The Hall–Kier alpha value is -2.93. The first-order valence-corrected chi connectivity index (χ1v) is 7.63. The lowest BCUT2D eigenvalue weighted by Gasteiger charge is -2.15. The van der Waals surface area contributed by atoms with E-state index in [0.29, 0.717) is 28.7 Å². The number of benzene rings is 2. The molecule has 24 heavy (non-hydrogen) atoms. The number of likely N-dealkylation sites (N-methyl/N-ethyl adjacent to an activating group) is 1. The minimum Gasteiger partial charge on any atom is -0.398 e. The minimum absolute atomic E-state index is 0.0411. The van der Waals surface area contributed by atoms with Gasteiger partial charge in [-0.05, 0) is 26.2 Å². The normalized spacial score (nSPS) is 11.3. The van der Waals surface area contributed by atoms with Gasteiger partial charge < -0.3 is 16.0 Å². The fourth-order valence-corrected chi connectivity index (χ4v) is 2.73. The molecule has 0 aliphatic rings. The number of nitrogens with one attached hydrogen (secondary N) is 1. The smallest absolute Gasteiger partial charge is 0.295 e. The summed E-state index contributed by atoms with van der Waals surface area (Å²) >= 11 is 0. The molecular formula is C17H19N5O2. The number of hydrogen-bond donors (Lipinski definition) is 2. The Morgan fingerprint density at radius 3 is 2.71 bits per heavy atom. The van der Waals surface area contributed by atoms with Crippen molar-refractivity contribution in [3.63, 3.8) is 0 Å². The molecule has 0 radical (unpaired) electrons. The van der Waals surface area contributed by atoms with Crippen LogP contribution in [0, 0.1) is 10.1 Å². The van der Waals surface area contributed by atoms with E-state index in [1.165, 1.54) is 6.07 Å². The molecule has 0 unspecified atom stereocenters. The van der Waals surface area contributed by atoms with Gasteiger partial charge in [0.15, 0.2) is 5.52 Å². The van der Waals surface area contributed by atoms with Crippen LogP contribution in [-0.2, 0) is 0 Å². The highest BCUT2D eigenvalue weighted by molar-refractivity contribution is 6.13. The quantitative estimate of drug-likeness (QED) is 0.425. The van der Waals surface area contributed by atoms with Crippen molar-refractivity contribution in [2.75, 3.05) is 38.2 Å². The molecule has 0 spiro atoms. The minimum atomic E-state index is -0.423. The van der Waals surface area contributed by atoms with Gasteiger partial charge in [-0.25, -0.2) is 4.98 Å². The molecular weight excluding hydrogens is 306 g/mol. The fraction of sp³-hybridized carbons (Fsp3) is 0.235. The van der Waals surface area contributed by atoms with Crippen LogP contribution in [0.1, 0.15) is 0 Å². The zero-order valence-electron chi connectivity index (χ0n) is 13.6. The third kappa shape index (κ3) is 2.81. The highest BCUT2D eigenvalue weighted by Crippen LogP contribution is 2.37. The number of pyridine rings is 1. The van der Waals surface area contributed by atoms with Gasteiger partial charge in [-0.2, -0.15) is 0 Å². The van der Waals surface area contributed by atoms with Crippen LogP contribution in [0.4, 0.5) is 17.1 Å². The maximum atomic E-state index is 11.4. The van der Waals surface area contributed by atoms with E-state index < -0.39 is 4.92 Å². The lowest BCUT2D eigenvalue weighted by atomic mass is 10.1. The van der Waals surface area contributed by atoms with Gasteiger partial charge in [0.05, 0.1) is 21.5 Å². The monoisotopic (exact) mass is 325 g/mol. The lowest BCUT2D eigenvalue weighted by molar-refractivity contribution is -0.383. The number of hydrogen-bond acceptors (Lipinski definition) is 6. The van der Waals surface area contributed by atoms with Crippen LogP contribution in [-0.4, -0.2) is 42.0 Å². The van der Waals surface area contributed by atoms with Gasteiger partial charge >= 0.3 is 0 Å². The summed E-state index contributed by atoms with van der Waals surface area (Å²) in [7, 11) is 3.97. The van der Waals surface area contributed by atoms with E-state index in [1.807, 2.05) is 32.3 Å². The molecule has 0 aliphatic carbocycles. The van der Waals surface area contributed by atoms with Crippen molar-refractivity contribution in [3.05, 3.63) is 46.5 Å². The van der Waals surface area contributed by atoms with Gasteiger partial charge in [0.1, 0.15) is 0 Å². The Balaban J connectivity index is 2.24. The molecule has 0 saturated carbocycles. The van der Waals surface area contributed by atoms with Gasteiger partial charge in [-0.15, -0.1) is 0 Å². The highest BCUT2D eigenvalue weighted by atomic mass is 16.6. The van der Waals surface area contributed by atoms with E-state index in [1.54, 1.807) is 12.1 Å². The Morgan fingerprint density at radius 2 is 2.00 bits per heavy atom. The van der Waals surface area contributed by atoms with Gasteiger partial charge in [-0.1, -0.05) is 18.2 Å². The number of fused-ring (bicyclic) bond motifs is 2. The molecule has 0 aliphatic heterocycles. The van der Waals surface area contributed by atoms with Crippen LogP contribution in [0.25, 0.3) is 21.8 Å². The van der Waals surface area contributed by atoms with E-state index in [9.17, 15) is 10.1 Å². The molecule has 3 N–H and O–H groups in total. The van der Waals surface area contributed by atoms with Crippen LogP contribution in [0.2, 0.25) is 0 Å². The average Bonchev–Trinajstić information content (AvgIpc) is 2.54. The van der Waals surface area contributed by atoms with E-state index in [4.69, 9.17) is 5.73 Å². The number of rotatable bonds is 5. The zero-order valence-corrected chi connectivity index (χ0v) is 13.6. The van der Waals surface area contributed by atoms with Crippen LogP contribution in [0.5, 0.6) is 0 Å². The van der Waals surface area contributed by atoms with Crippen molar-refractivity contribution in [2.45, 2.75) is 0 Å². The number of anilines is 2. The Bertz CT molecular complexity index is 924. The predicted octanol–water partition coefficient (Wildman–Crippen LogP) is 2.85. The van der Waals surface area contributed by atoms with Crippen molar-refractivity contribution >= 4 is 38.9 Å². The first-order valence-electron chi connectivity index (χ1n) is 7.63. The van der Waals surface area contributed by atoms with E-state index in [2.05, 4.69) is 15.2 Å². The molecule has 124 valence electrons. The van der Waals surface area contributed by atoms with E-state index >= 15 is 0 Å². The first kappa shape index (κ1) is 15.9. The molecule has 1 aromatic heterocycles. The number of nitrogens with two attached hydrogens (primary N) is 1. The summed E-state index contributed by atoms with van der Waals surface area (Å²) < 4.78 is 0. The molecule has 0 atom stereocenters. The summed E-state index contributed by atoms with van der Waals surface area (Å²) in [6.07, 6.45) is 0. The van der Waals surface area contributed by atoms with Crippen LogP contribution >= 0.6 is 0 Å². The van der Waals surface area contributed by atoms with Crippen LogP contribution in [0.15, 0.2) is 36.4 Å². The number of nitrogens with zero attached hydrogens (tertiary/aromatic N) is 3. The zero-order chi connectivity index (χ0) is 17.3. The predicted molar refractivity (Wildman–Crippen MR) is 97.4 cm³/mol. The molecule has 0 amide bonds. The number of nitro benzene ring substituents is 1. The standard InChI is InChI=1S/C17H19N5O2/c1-21(2)10-9-19-13-7-8-14(22(23)24)17-15(13)16(18)11-5-3-4-6-12(11)20-17/h3-8,19H,9-10H2,1-2H3,(H2,18,20). The first-order chi connectivity index (χ1) is 11.5. The van der Waals surface area contributed by atoms with Gasteiger partial charge in [0, 0.05) is 30.2 Å². The van der Waals surface area contributed by atoms with Crippen molar-refractivity contribution < 1.29 is 4.92 Å². The molecule has 1 heterocycles. The molecule has 0 fully saturated rings. The maximum absolute atomic E-state index is 11.4. The summed E-state index contributed by atoms with van der Waals surface area (Å²) in [6, 6.07) is 10.6. The van der Waals surface area contributed by atoms with Crippen molar-refractivity contribution in [1.29, 1.82) is 0 Å². The van der Waals surface area contributed by atoms with Crippen molar-refractivity contribution in [2.24, 2.45) is 0 Å². The molecule has 3 aromatic rings. The molecule has 0 saturated heterocycles. The average molecular weight is 325 g/mol. The Kier molecular flexibility index (Phi) is 4.18. The van der Waals surface area contributed by atoms with Gasteiger partial charge in [0.25, 0.3) is 5.69 Å². The van der Waals surface area contributed by atoms with Gasteiger partial charge in [0.2, 0.25) is 0 Å². The summed E-state index contributed by atoms with van der Waals surface area (Å²) in [4.78, 5) is 17.5. The van der Waals surface area contributed by atoms with Gasteiger partial charge in [-0.3, -0.25) is 10.1 Å². The second kappa shape index (κ2) is 6.29.